The number of aromatic amines is 1. The summed E-state index contributed by atoms with van der Waals surface area (Å²) in [7, 11) is 2.03. The van der Waals surface area contributed by atoms with Crippen LogP contribution in [-0.2, 0) is 0 Å². The number of aromatic nitrogens is 1. The summed E-state index contributed by atoms with van der Waals surface area (Å²) in [6.07, 6.45) is 3.54. The van der Waals surface area contributed by atoms with Crippen LogP contribution in [0.1, 0.15) is 29.8 Å². The Kier molecular flexibility index (Phi) is 4.13. The Morgan fingerprint density at radius 2 is 1.95 bits per heavy atom. The molecule has 0 bridgehead atoms. The molecule has 0 spiro atoms. The summed E-state index contributed by atoms with van der Waals surface area (Å²) in [4.78, 5) is 17.4. The number of para-hydroxylation sites is 2. The highest BCUT2D eigenvalue weighted by molar-refractivity contribution is 6.06. The molecular formula is C16H21N3O. The topological polar surface area (TPSA) is 48.1 Å². The van der Waals surface area contributed by atoms with Crippen molar-refractivity contribution in [2.75, 3.05) is 17.3 Å². The van der Waals surface area contributed by atoms with Gasteiger partial charge in [-0.15, -0.1) is 0 Å². The highest BCUT2D eigenvalue weighted by atomic mass is 16.1. The van der Waals surface area contributed by atoms with Crippen molar-refractivity contribution >= 4 is 17.3 Å². The molecule has 0 radical (unpaired) electrons. The predicted molar refractivity (Wildman–Crippen MR) is 83.5 cm³/mol. The lowest BCUT2D eigenvalue weighted by Gasteiger charge is -2.26. The second kappa shape index (κ2) is 5.82. The van der Waals surface area contributed by atoms with Gasteiger partial charge in [0, 0.05) is 25.5 Å². The van der Waals surface area contributed by atoms with Gasteiger partial charge in [-0.3, -0.25) is 4.79 Å². The van der Waals surface area contributed by atoms with E-state index in [1.165, 1.54) is 0 Å². The van der Waals surface area contributed by atoms with E-state index in [2.05, 4.69) is 29.0 Å². The normalized spacial score (nSPS) is 10.7. The molecule has 1 aromatic carbocycles. The maximum atomic E-state index is 12.3. The van der Waals surface area contributed by atoms with Crippen molar-refractivity contribution in [1.29, 1.82) is 0 Å². The van der Waals surface area contributed by atoms with Crippen molar-refractivity contribution in [1.82, 2.24) is 4.98 Å². The van der Waals surface area contributed by atoms with Gasteiger partial charge in [0.1, 0.15) is 0 Å². The van der Waals surface area contributed by atoms with Gasteiger partial charge in [-0.2, -0.15) is 0 Å². The number of rotatable bonds is 4. The zero-order chi connectivity index (χ0) is 14.7. The first-order chi connectivity index (χ1) is 9.50. The minimum Gasteiger partial charge on any atom is -0.370 e. The highest BCUT2D eigenvalue weighted by Crippen LogP contribution is 2.26. The molecule has 0 aliphatic rings. The molecule has 2 N–H and O–H groups in total. The number of amides is 1. The van der Waals surface area contributed by atoms with E-state index in [-0.39, 0.29) is 5.91 Å². The molecular weight excluding hydrogens is 250 g/mol. The van der Waals surface area contributed by atoms with Crippen molar-refractivity contribution < 1.29 is 4.79 Å². The van der Waals surface area contributed by atoms with E-state index < -0.39 is 0 Å². The zero-order valence-corrected chi connectivity index (χ0v) is 12.4. The summed E-state index contributed by atoms with van der Waals surface area (Å²) in [6.45, 7) is 6.15. The highest BCUT2D eigenvalue weighted by Gasteiger charge is 2.14. The second-order valence-electron chi connectivity index (χ2n) is 5.23. The molecule has 2 rings (SSSR count). The lowest BCUT2D eigenvalue weighted by molar-refractivity contribution is 0.102. The largest absolute Gasteiger partial charge is 0.370 e. The lowest BCUT2D eigenvalue weighted by atomic mass is 10.2. The van der Waals surface area contributed by atoms with Crippen molar-refractivity contribution in [3.05, 3.63) is 47.8 Å². The first kappa shape index (κ1) is 14.2. The summed E-state index contributed by atoms with van der Waals surface area (Å²) in [6, 6.07) is 8.21. The van der Waals surface area contributed by atoms with Crippen LogP contribution in [-0.4, -0.2) is 24.0 Å². The maximum absolute atomic E-state index is 12.3. The third-order valence-corrected chi connectivity index (χ3v) is 3.50. The molecule has 20 heavy (non-hydrogen) atoms. The Labute approximate surface area is 119 Å². The van der Waals surface area contributed by atoms with Gasteiger partial charge in [0.05, 0.1) is 16.9 Å². The van der Waals surface area contributed by atoms with Crippen molar-refractivity contribution in [3.8, 4) is 0 Å². The van der Waals surface area contributed by atoms with Crippen LogP contribution < -0.4 is 10.2 Å². The van der Waals surface area contributed by atoms with Gasteiger partial charge in [0.15, 0.2) is 0 Å². The Balaban J connectivity index is 2.26. The van der Waals surface area contributed by atoms with E-state index in [0.29, 0.717) is 11.6 Å². The van der Waals surface area contributed by atoms with Crippen LogP contribution in [0.4, 0.5) is 11.4 Å². The number of hydrogen-bond acceptors (Lipinski definition) is 2. The number of H-pyrrole nitrogens is 1. The lowest BCUT2D eigenvalue weighted by Crippen LogP contribution is -2.27. The molecule has 0 atom stereocenters. The van der Waals surface area contributed by atoms with Crippen LogP contribution in [0.2, 0.25) is 0 Å². The first-order valence-electron chi connectivity index (χ1n) is 6.77. The van der Waals surface area contributed by atoms with Crippen LogP contribution in [0.25, 0.3) is 0 Å². The van der Waals surface area contributed by atoms with E-state index in [4.69, 9.17) is 0 Å². The minimum atomic E-state index is -0.0895. The Hall–Kier alpha value is -2.23. The van der Waals surface area contributed by atoms with Crippen molar-refractivity contribution in [3.63, 3.8) is 0 Å². The Bertz CT molecular complexity index is 601. The smallest absolute Gasteiger partial charge is 0.257 e. The van der Waals surface area contributed by atoms with Gasteiger partial charge in [-0.25, -0.2) is 0 Å². The van der Waals surface area contributed by atoms with Crippen LogP contribution in [0.3, 0.4) is 0 Å². The molecule has 0 saturated carbocycles. The number of carbonyl (C=O) groups is 1. The summed E-state index contributed by atoms with van der Waals surface area (Å²) < 4.78 is 0. The van der Waals surface area contributed by atoms with Crippen LogP contribution in [0.5, 0.6) is 0 Å². The van der Waals surface area contributed by atoms with Crippen molar-refractivity contribution in [2.45, 2.75) is 26.8 Å². The number of nitrogens with zero attached hydrogens (tertiary/aromatic N) is 1. The van der Waals surface area contributed by atoms with Gasteiger partial charge in [0.25, 0.3) is 5.91 Å². The quantitative estimate of drug-likeness (QED) is 0.895. The number of hydrogen-bond donors (Lipinski definition) is 2. The van der Waals surface area contributed by atoms with Crippen LogP contribution in [0, 0.1) is 6.92 Å². The van der Waals surface area contributed by atoms with E-state index in [1.807, 2.05) is 44.4 Å². The summed E-state index contributed by atoms with van der Waals surface area (Å²) in [5.41, 5.74) is 3.46. The third-order valence-electron chi connectivity index (χ3n) is 3.50. The maximum Gasteiger partial charge on any atom is 0.257 e. The van der Waals surface area contributed by atoms with Crippen LogP contribution >= 0.6 is 0 Å². The van der Waals surface area contributed by atoms with Crippen molar-refractivity contribution in [2.24, 2.45) is 0 Å². The van der Waals surface area contributed by atoms with Gasteiger partial charge in [-0.05, 0) is 38.5 Å². The van der Waals surface area contributed by atoms with Gasteiger partial charge in [0.2, 0.25) is 0 Å². The summed E-state index contributed by atoms with van der Waals surface area (Å²) >= 11 is 0. The minimum absolute atomic E-state index is 0.0895. The molecule has 0 aliphatic carbocycles. The third kappa shape index (κ3) is 2.85. The zero-order valence-electron chi connectivity index (χ0n) is 12.4. The fourth-order valence-corrected chi connectivity index (χ4v) is 2.04. The monoisotopic (exact) mass is 271 g/mol. The Morgan fingerprint density at radius 3 is 2.55 bits per heavy atom. The number of anilines is 2. The summed E-state index contributed by atoms with van der Waals surface area (Å²) in [5, 5.41) is 2.99. The number of aryl methyl sites for hydroxylation is 1. The molecule has 106 valence electrons. The van der Waals surface area contributed by atoms with Crippen LogP contribution in [0.15, 0.2) is 36.7 Å². The average Bonchev–Trinajstić information content (AvgIpc) is 2.84. The van der Waals surface area contributed by atoms with E-state index in [9.17, 15) is 4.79 Å². The molecule has 4 heteroatoms. The molecule has 0 unspecified atom stereocenters. The molecule has 0 saturated heterocycles. The fourth-order valence-electron chi connectivity index (χ4n) is 2.04. The molecule has 0 fully saturated rings. The second-order valence-corrected chi connectivity index (χ2v) is 5.23. The number of carbonyl (C=O) groups excluding carboxylic acids is 1. The SMILES string of the molecule is Cc1c[nH]cc1C(=O)Nc1ccccc1N(C)C(C)C. The molecule has 1 amide bonds. The van der Waals surface area contributed by atoms with Gasteiger partial charge >= 0.3 is 0 Å². The van der Waals surface area contributed by atoms with Gasteiger partial charge in [-0.1, -0.05) is 12.1 Å². The van der Waals surface area contributed by atoms with E-state index in [1.54, 1.807) is 6.20 Å². The standard InChI is InChI=1S/C16H21N3O/c1-11(2)19(4)15-8-6-5-7-14(15)18-16(20)13-10-17-9-12(13)3/h5-11,17H,1-4H3,(H,18,20). The van der Waals surface area contributed by atoms with E-state index >= 15 is 0 Å². The molecule has 4 nitrogen and oxygen atoms in total. The molecule has 2 aromatic rings. The molecule has 1 heterocycles. The Morgan fingerprint density at radius 1 is 1.25 bits per heavy atom. The average molecular weight is 271 g/mol. The molecule has 0 aliphatic heterocycles. The predicted octanol–water partition coefficient (Wildman–Crippen LogP) is 3.42. The first-order valence-corrected chi connectivity index (χ1v) is 6.77. The molecule has 1 aromatic heterocycles. The number of benzene rings is 1. The summed E-state index contributed by atoms with van der Waals surface area (Å²) in [5.74, 6) is -0.0895. The van der Waals surface area contributed by atoms with E-state index in [0.717, 1.165) is 16.9 Å². The van der Waals surface area contributed by atoms with Gasteiger partial charge < -0.3 is 15.2 Å². The fraction of sp³-hybridized carbons (Fsp3) is 0.312. The number of nitrogens with one attached hydrogen (secondary N) is 2.